The molecule has 1 fully saturated rings. The highest BCUT2D eigenvalue weighted by Crippen LogP contribution is 2.22. The molecule has 3 nitrogen and oxygen atoms in total. The van der Waals surface area contributed by atoms with Crippen molar-refractivity contribution in [2.24, 2.45) is 5.92 Å². The molecule has 0 aromatic heterocycles. The molecule has 1 aliphatic rings. The van der Waals surface area contributed by atoms with Gasteiger partial charge in [0.05, 0.1) is 0 Å². The van der Waals surface area contributed by atoms with Gasteiger partial charge >= 0.3 is 0 Å². The Labute approximate surface area is 123 Å². The summed E-state index contributed by atoms with van der Waals surface area (Å²) in [6.07, 6.45) is 4.70. The van der Waals surface area contributed by atoms with Crippen LogP contribution in [0.25, 0.3) is 0 Å². The Morgan fingerprint density at radius 1 is 1.25 bits per heavy atom. The molecule has 3 heteroatoms. The number of nitrogens with one attached hydrogen (secondary N) is 1. The third-order valence-electron chi connectivity index (χ3n) is 4.22. The zero-order chi connectivity index (χ0) is 14.2. The van der Waals surface area contributed by atoms with Crippen LogP contribution in [-0.4, -0.2) is 36.2 Å². The molecule has 0 radical (unpaired) electrons. The fraction of sp³-hybridized carbons (Fsp3) is 0.647. The molecule has 1 aromatic rings. The van der Waals surface area contributed by atoms with Crippen molar-refractivity contribution in [3.63, 3.8) is 0 Å². The first-order valence-corrected chi connectivity index (χ1v) is 7.98. The fourth-order valence-electron chi connectivity index (χ4n) is 2.80. The zero-order valence-electron chi connectivity index (χ0n) is 12.6. The first-order chi connectivity index (χ1) is 9.83. The molecule has 0 aliphatic carbocycles. The lowest BCUT2D eigenvalue weighted by Gasteiger charge is -2.31. The Balaban J connectivity index is 1.88. The summed E-state index contributed by atoms with van der Waals surface area (Å²) in [5.41, 5.74) is 2.68. The number of aliphatic hydroxyl groups is 1. The standard InChI is InChI=1S/C17H28N2O/c1-2-3-10-18-17-7-5-4-6-16(17)13-19-11-8-15(14-20)9-12-19/h4-7,15,18,20H,2-3,8-14H2,1H3. The monoisotopic (exact) mass is 276 g/mol. The van der Waals surface area contributed by atoms with Gasteiger partial charge < -0.3 is 10.4 Å². The van der Waals surface area contributed by atoms with E-state index in [0.29, 0.717) is 12.5 Å². The van der Waals surface area contributed by atoms with Crippen LogP contribution >= 0.6 is 0 Å². The molecule has 1 heterocycles. The molecule has 0 unspecified atom stereocenters. The molecule has 0 spiro atoms. The van der Waals surface area contributed by atoms with Gasteiger partial charge in [-0.05, 0) is 49.9 Å². The second-order valence-electron chi connectivity index (χ2n) is 5.84. The van der Waals surface area contributed by atoms with Crippen LogP contribution in [0.5, 0.6) is 0 Å². The van der Waals surface area contributed by atoms with Gasteiger partial charge in [-0.1, -0.05) is 31.5 Å². The lowest BCUT2D eigenvalue weighted by atomic mass is 9.97. The van der Waals surface area contributed by atoms with Crippen LogP contribution in [0.1, 0.15) is 38.2 Å². The summed E-state index contributed by atoms with van der Waals surface area (Å²) in [6.45, 7) is 6.86. The topological polar surface area (TPSA) is 35.5 Å². The van der Waals surface area contributed by atoms with Gasteiger partial charge in [-0.25, -0.2) is 0 Å². The van der Waals surface area contributed by atoms with Crippen molar-refractivity contribution in [1.29, 1.82) is 0 Å². The van der Waals surface area contributed by atoms with E-state index in [9.17, 15) is 5.11 Å². The van der Waals surface area contributed by atoms with E-state index in [4.69, 9.17) is 0 Å². The molecule has 112 valence electrons. The Kier molecular flexibility index (Phi) is 6.34. The highest BCUT2D eigenvalue weighted by Gasteiger charge is 2.18. The lowest BCUT2D eigenvalue weighted by Crippen LogP contribution is -2.34. The smallest absolute Gasteiger partial charge is 0.0460 e. The normalized spacial score (nSPS) is 17.3. The van der Waals surface area contributed by atoms with E-state index in [1.807, 2.05) is 0 Å². The van der Waals surface area contributed by atoms with E-state index in [2.05, 4.69) is 41.4 Å². The largest absolute Gasteiger partial charge is 0.396 e. The number of likely N-dealkylation sites (tertiary alicyclic amines) is 1. The maximum Gasteiger partial charge on any atom is 0.0460 e. The van der Waals surface area contributed by atoms with Crippen molar-refractivity contribution in [2.45, 2.75) is 39.2 Å². The van der Waals surface area contributed by atoms with Crippen molar-refractivity contribution in [3.8, 4) is 0 Å². The lowest BCUT2D eigenvalue weighted by molar-refractivity contribution is 0.127. The molecule has 20 heavy (non-hydrogen) atoms. The number of piperidine rings is 1. The zero-order valence-corrected chi connectivity index (χ0v) is 12.6. The van der Waals surface area contributed by atoms with Gasteiger partial charge in [-0.2, -0.15) is 0 Å². The van der Waals surface area contributed by atoms with E-state index in [0.717, 1.165) is 39.0 Å². The van der Waals surface area contributed by atoms with E-state index in [1.54, 1.807) is 0 Å². The second-order valence-corrected chi connectivity index (χ2v) is 5.84. The molecule has 0 saturated carbocycles. The second kappa shape index (κ2) is 8.28. The number of hydrogen-bond donors (Lipinski definition) is 2. The van der Waals surface area contributed by atoms with Crippen LogP contribution in [0.4, 0.5) is 5.69 Å². The Morgan fingerprint density at radius 2 is 2.00 bits per heavy atom. The van der Waals surface area contributed by atoms with Gasteiger partial charge in [-0.3, -0.25) is 4.90 Å². The highest BCUT2D eigenvalue weighted by molar-refractivity contribution is 5.51. The number of rotatable bonds is 7. The van der Waals surface area contributed by atoms with Gasteiger partial charge in [0, 0.05) is 25.4 Å². The molecule has 1 saturated heterocycles. The number of aliphatic hydroxyl groups excluding tert-OH is 1. The van der Waals surface area contributed by atoms with E-state index < -0.39 is 0 Å². The van der Waals surface area contributed by atoms with Gasteiger partial charge in [0.2, 0.25) is 0 Å². The van der Waals surface area contributed by atoms with Gasteiger partial charge in [0.1, 0.15) is 0 Å². The first-order valence-electron chi connectivity index (χ1n) is 7.98. The molecule has 2 N–H and O–H groups in total. The predicted molar refractivity (Wildman–Crippen MR) is 84.9 cm³/mol. The maximum absolute atomic E-state index is 9.20. The first kappa shape index (κ1) is 15.3. The highest BCUT2D eigenvalue weighted by atomic mass is 16.3. The SMILES string of the molecule is CCCCNc1ccccc1CN1CCC(CO)CC1. The van der Waals surface area contributed by atoms with E-state index in [1.165, 1.54) is 24.1 Å². The number of nitrogens with zero attached hydrogens (tertiary/aromatic N) is 1. The van der Waals surface area contributed by atoms with Crippen molar-refractivity contribution >= 4 is 5.69 Å². The Hall–Kier alpha value is -1.06. The van der Waals surface area contributed by atoms with Crippen molar-refractivity contribution < 1.29 is 5.11 Å². The molecule has 1 aromatic carbocycles. The molecule has 0 atom stereocenters. The summed E-state index contributed by atoms with van der Waals surface area (Å²) < 4.78 is 0. The summed E-state index contributed by atoms with van der Waals surface area (Å²) in [5.74, 6) is 0.518. The minimum Gasteiger partial charge on any atom is -0.396 e. The van der Waals surface area contributed by atoms with Crippen molar-refractivity contribution in [3.05, 3.63) is 29.8 Å². The van der Waals surface area contributed by atoms with Crippen LogP contribution in [0.2, 0.25) is 0 Å². The summed E-state index contributed by atoms with van der Waals surface area (Å²) in [5, 5.41) is 12.8. The van der Waals surface area contributed by atoms with Crippen molar-refractivity contribution in [1.82, 2.24) is 4.90 Å². The number of para-hydroxylation sites is 1. The van der Waals surface area contributed by atoms with Crippen molar-refractivity contribution in [2.75, 3.05) is 31.6 Å². The number of unbranched alkanes of at least 4 members (excludes halogenated alkanes) is 1. The van der Waals surface area contributed by atoms with Crippen LogP contribution < -0.4 is 5.32 Å². The van der Waals surface area contributed by atoms with E-state index >= 15 is 0 Å². The van der Waals surface area contributed by atoms with Crippen LogP contribution in [0, 0.1) is 5.92 Å². The average Bonchev–Trinajstić information content (AvgIpc) is 2.50. The Bertz CT molecular complexity index is 386. The third kappa shape index (κ3) is 4.50. The summed E-state index contributed by atoms with van der Waals surface area (Å²) in [6, 6.07) is 8.65. The molecule has 2 rings (SSSR count). The Morgan fingerprint density at radius 3 is 2.70 bits per heavy atom. The fourth-order valence-corrected chi connectivity index (χ4v) is 2.80. The predicted octanol–water partition coefficient (Wildman–Crippen LogP) is 3.10. The average molecular weight is 276 g/mol. The third-order valence-corrected chi connectivity index (χ3v) is 4.22. The van der Waals surface area contributed by atoms with Crippen LogP contribution in [0.3, 0.4) is 0 Å². The van der Waals surface area contributed by atoms with Gasteiger partial charge in [0.25, 0.3) is 0 Å². The molecule has 0 amide bonds. The molecular weight excluding hydrogens is 248 g/mol. The maximum atomic E-state index is 9.20. The summed E-state index contributed by atoms with van der Waals surface area (Å²) in [7, 11) is 0. The summed E-state index contributed by atoms with van der Waals surface area (Å²) in [4.78, 5) is 2.51. The van der Waals surface area contributed by atoms with Gasteiger partial charge in [0.15, 0.2) is 0 Å². The van der Waals surface area contributed by atoms with Crippen LogP contribution in [0.15, 0.2) is 24.3 Å². The molecular formula is C17H28N2O. The molecule has 1 aliphatic heterocycles. The number of anilines is 1. The quantitative estimate of drug-likeness (QED) is 0.751. The minimum absolute atomic E-state index is 0.350. The number of hydrogen-bond acceptors (Lipinski definition) is 3. The van der Waals surface area contributed by atoms with Crippen LogP contribution in [-0.2, 0) is 6.54 Å². The molecule has 0 bridgehead atoms. The summed E-state index contributed by atoms with van der Waals surface area (Å²) >= 11 is 0. The number of benzene rings is 1. The van der Waals surface area contributed by atoms with Gasteiger partial charge in [-0.15, -0.1) is 0 Å². The minimum atomic E-state index is 0.350. The van der Waals surface area contributed by atoms with E-state index in [-0.39, 0.29) is 0 Å².